The summed E-state index contributed by atoms with van der Waals surface area (Å²) < 4.78 is 0. The van der Waals surface area contributed by atoms with Gasteiger partial charge < -0.3 is 5.11 Å². The van der Waals surface area contributed by atoms with Crippen molar-refractivity contribution in [3.63, 3.8) is 0 Å². The number of hydrogen-bond donors (Lipinski definition) is 1. The van der Waals surface area contributed by atoms with Crippen LogP contribution in [-0.2, 0) is 4.79 Å². The highest BCUT2D eigenvalue weighted by Crippen LogP contribution is 2.14. The van der Waals surface area contributed by atoms with E-state index in [9.17, 15) is 4.79 Å². The first-order chi connectivity index (χ1) is 15.8. The maximum atomic E-state index is 10.4. The van der Waals surface area contributed by atoms with Crippen LogP contribution in [0.5, 0.6) is 0 Å². The van der Waals surface area contributed by atoms with Gasteiger partial charge in [-0.3, -0.25) is 4.79 Å². The van der Waals surface area contributed by atoms with E-state index in [2.05, 4.69) is 43.4 Å². The van der Waals surface area contributed by atoms with E-state index in [4.69, 9.17) is 5.11 Å². The number of rotatable bonds is 25. The molecule has 0 rings (SSSR count). The molecule has 0 saturated heterocycles. The van der Waals surface area contributed by atoms with Crippen LogP contribution in [0.2, 0.25) is 0 Å². The number of aliphatic carboxylic acids is 1. The molecule has 0 unspecified atom stereocenters. The second-order valence-corrected chi connectivity index (χ2v) is 9.26. The van der Waals surface area contributed by atoms with E-state index in [0.717, 1.165) is 25.7 Å². The van der Waals surface area contributed by atoms with Crippen LogP contribution in [0.1, 0.15) is 148 Å². The third-order valence-corrected chi connectivity index (χ3v) is 6.03. The van der Waals surface area contributed by atoms with Gasteiger partial charge in [0.2, 0.25) is 0 Å². The largest absolute Gasteiger partial charge is 0.481 e. The molecule has 0 atom stereocenters. The lowest BCUT2D eigenvalue weighted by molar-refractivity contribution is -0.137. The molecule has 0 saturated carbocycles. The smallest absolute Gasteiger partial charge is 0.303 e. The second-order valence-electron chi connectivity index (χ2n) is 9.26. The quantitative estimate of drug-likeness (QED) is 0.112. The van der Waals surface area contributed by atoms with Gasteiger partial charge in [-0.25, -0.2) is 0 Å². The third-order valence-electron chi connectivity index (χ3n) is 6.03. The Hall–Kier alpha value is -1.31. The molecule has 0 spiro atoms. The molecule has 0 heterocycles. The first kappa shape index (κ1) is 30.7. The summed E-state index contributed by atoms with van der Waals surface area (Å²) >= 11 is 0. The summed E-state index contributed by atoms with van der Waals surface area (Å²) in [5, 5.41) is 8.60. The highest BCUT2D eigenvalue weighted by atomic mass is 16.4. The topological polar surface area (TPSA) is 37.3 Å². The van der Waals surface area contributed by atoms with Gasteiger partial charge in [0.05, 0.1) is 0 Å². The Morgan fingerprint density at radius 3 is 1.25 bits per heavy atom. The zero-order valence-electron chi connectivity index (χ0n) is 21.4. The molecule has 2 heteroatoms. The van der Waals surface area contributed by atoms with Gasteiger partial charge in [-0.2, -0.15) is 0 Å². The summed E-state index contributed by atoms with van der Waals surface area (Å²) in [5.74, 6) is -0.655. The lowest BCUT2D eigenvalue weighted by Gasteiger charge is -2.03. The highest BCUT2D eigenvalue weighted by Gasteiger charge is 1.97. The van der Waals surface area contributed by atoms with Crippen LogP contribution >= 0.6 is 0 Å². The second kappa shape index (κ2) is 27.7. The zero-order chi connectivity index (χ0) is 23.4. The van der Waals surface area contributed by atoms with Crippen molar-refractivity contribution in [2.75, 3.05) is 0 Å². The molecule has 0 radical (unpaired) electrons. The van der Waals surface area contributed by atoms with Crippen molar-refractivity contribution in [3.05, 3.63) is 36.5 Å². The van der Waals surface area contributed by atoms with Gasteiger partial charge in [-0.15, -0.1) is 0 Å². The van der Waals surface area contributed by atoms with Crippen molar-refractivity contribution in [2.45, 2.75) is 148 Å². The minimum Gasteiger partial charge on any atom is -0.481 e. The number of allylic oxidation sites excluding steroid dienone is 6. The summed E-state index contributed by atoms with van der Waals surface area (Å²) in [6.07, 6.45) is 41.0. The summed E-state index contributed by atoms with van der Waals surface area (Å²) in [6.45, 7) is 2.24. The summed E-state index contributed by atoms with van der Waals surface area (Å²) in [4.78, 5) is 10.4. The van der Waals surface area contributed by atoms with Crippen LogP contribution in [0.3, 0.4) is 0 Å². The SMILES string of the molecule is CCCCC=CCC=CCC=CCCCCCCCCCCCCCCCCCC(=O)O. The van der Waals surface area contributed by atoms with Gasteiger partial charge >= 0.3 is 5.97 Å². The first-order valence-electron chi connectivity index (χ1n) is 13.9. The average molecular weight is 447 g/mol. The van der Waals surface area contributed by atoms with Crippen LogP contribution in [0.25, 0.3) is 0 Å². The van der Waals surface area contributed by atoms with Crippen molar-refractivity contribution in [3.8, 4) is 0 Å². The van der Waals surface area contributed by atoms with E-state index in [0.29, 0.717) is 6.42 Å². The van der Waals surface area contributed by atoms with Gasteiger partial charge in [0.15, 0.2) is 0 Å². The van der Waals surface area contributed by atoms with E-state index in [1.807, 2.05) is 0 Å². The van der Waals surface area contributed by atoms with Crippen molar-refractivity contribution >= 4 is 5.97 Å². The predicted octanol–water partition coefficient (Wildman–Crippen LogP) is 10.3. The monoisotopic (exact) mass is 446 g/mol. The first-order valence-corrected chi connectivity index (χ1v) is 13.9. The summed E-state index contributed by atoms with van der Waals surface area (Å²) in [7, 11) is 0. The Morgan fingerprint density at radius 2 is 0.844 bits per heavy atom. The minimum atomic E-state index is -0.655. The summed E-state index contributed by atoms with van der Waals surface area (Å²) in [5.41, 5.74) is 0. The molecular formula is C30H54O2. The third kappa shape index (κ3) is 28.7. The molecule has 0 aliphatic heterocycles. The molecular weight excluding hydrogens is 392 g/mol. The maximum Gasteiger partial charge on any atom is 0.303 e. The fourth-order valence-corrected chi connectivity index (χ4v) is 3.94. The molecule has 0 aromatic heterocycles. The normalized spacial score (nSPS) is 12.0. The molecule has 0 aliphatic carbocycles. The van der Waals surface area contributed by atoms with E-state index >= 15 is 0 Å². The molecule has 0 amide bonds. The zero-order valence-corrected chi connectivity index (χ0v) is 21.4. The van der Waals surface area contributed by atoms with Crippen molar-refractivity contribution in [2.24, 2.45) is 0 Å². The lowest BCUT2D eigenvalue weighted by Crippen LogP contribution is -1.93. The number of carboxylic acids is 1. The fourth-order valence-electron chi connectivity index (χ4n) is 3.94. The van der Waals surface area contributed by atoms with Crippen LogP contribution in [0, 0.1) is 0 Å². The molecule has 0 bridgehead atoms. The fraction of sp³-hybridized carbons (Fsp3) is 0.767. The minimum absolute atomic E-state index is 0.340. The van der Waals surface area contributed by atoms with Crippen molar-refractivity contribution in [1.29, 1.82) is 0 Å². The van der Waals surface area contributed by atoms with Crippen molar-refractivity contribution in [1.82, 2.24) is 0 Å². The van der Waals surface area contributed by atoms with E-state index in [1.165, 1.54) is 109 Å². The predicted molar refractivity (Wildman–Crippen MR) is 142 cm³/mol. The number of hydrogen-bond acceptors (Lipinski definition) is 1. The van der Waals surface area contributed by atoms with E-state index in [-0.39, 0.29) is 0 Å². The lowest BCUT2D eigenvalue weighted by atomic mass is 10.0. The molecule has 0 fully saturated rings. The van der Waals surface area contributed by atoms with Gasteiger partial charge in [-0.05, 0) is 38.5 Å². The standard InChI is InChI=1S/C30H54O2/c1-2-3-4-5-6-7-8-9-10-11-12-13-14-15-16-17-18-19-20-21-22-23-24-25-26-27-28-29-30(31)32/h5-6,8-9,11-12H,2-4,7,10,13-29H2,1H3,(H,31,32). The van der Waals surface area contributed by atoms with E-state index in [1.54, 1.807) is 0 Å². The molecule has 32 heavy (non-hydrogen) atoms. The van der Waals surface area contributed by atoms with Gasteiger partial charge in [0, 0.05) is 6.42 Å². The Labute approximate surface area is 200 Å². The van der Waals surface area contributed by atoms with Crippen LogP contribution < -0.4 is 0 Å². The Morgan fingerprint density at radius 1 is 0.500 bits per heavy atom. The van der Waals surface area contributed by atoms with E-state index < -0.39 is 5.97 Å². The van der Waals surface area contributed by atoms with Gasteiger partial charge in [0.1, 0.15) is 0 Å². The van der Waals surface area contributed by atoms with Gasteiger partial charge in [-0.1, -0.05) is 140 Å². The van der Waals surface area contributed by atoms with Crippen LogP contribution in [0.15, 0.2) is 36.5 Å². The van der Waals surface area contributed by atoms with Crippen LogP contribution in [0.4, 0.5) is 0 Å². The number of carbonyl (C=O) groups is 1. The number of unbranched alkanes of at least 4 members (excludes halogenated alkanes) is 17. The Balaban J connectivity index is 3.16. The summed E-state index contributed by atoms with van der Waals surface area (Å²) in [6, 6.07) is 0. The highest BCUT2D eigenvalue weighted by molar-refractivity contribution is 5.66. The Bertz CT molecular complexity index is 461. The molecule has 0 aromatic carbocycles. The molecule has 1 N–H and O–H groups in total. The molecule has 0 aliphatic rings. The van der Waals surface area contributed by atoms with Crippen molar-refractivity contribution < 1.29 is 9.90 Å². The molecule has 0 aromatic rings. The number of carboxylic acid groups (broad SMARTS) is 1. The van der Waals surface area contributed by atoms with Crippen LogP contribution in [-0.4, -0.2) is 11.1 Å². The molecule has 2 nitrogen and oxygen atoms in total. The van der Waals surface area contributed by atoms with Gasteiger partial charge in [0.25, 0.3) is 0 Å². The Kier molecular flexibility index (Phi) is 26.6. The average Bonchev–Trinajstić information content (AvgIpc) is 2.78. The molecule has 186 valence electrons. The maximum absolute atomic E-state index is 10.4.